The summed E-state index contributed by atoms with van der Waals surface area (Å²) in [5.41, 5.74) is 3.36. The average Bonchev–Trinajstić information content (AvgIpc) is 3.15. The van der Waals surface area contributed by atoms with Crippen LogP contribution in [0.4, 0.5) is 0 Å². The van der Waals surface area contributed by atoms with Crippen molar-refractivity contribution in [3.05, 3.63) is 45.4 Å². The lowest BCUT2D eigenvalue weighted by atomic mass is 10.1. The largest absolute Gasteiger partial charge is 0.491 e. The Morgan fingerprint density at radius 2 is 2.07 bits per heavy atom. The number of nitrogens with zero attached hydrogens (tertiary/aromatic N) is 2. The second kappa shape index (κ2) is 12.4. The quantitative estimate of drug-likeness (QED) is 0.342. The number of rotatable bonds is 11. The molecule has 2 aromatic rings. The summed E-state index contributed by atoms with van der Waals surface area (Å²) < 4.78 is 10.9. The smallest absolute Gasteiger partial charge is 0.191 e. The summed E-state index contributed by atoms with van der Waals surface area (Å²) in [4.78, 5) is 9.33. The van der Waals surface area contributed by atoms with E-state index in [1.54, 1.807) is 18.4 Å². The SMILES string of the molecule is CCNC(=NCc1ccc(C)cc1OCCOC)NCCc1csc(CC)n1. The van der Waals surface area contributed by atoms with E-state index in [0.29, 0.717) is 19.8 Å². The molecule has 0 aliphatic heterocycles. The molecule has 2 N–H and O–H groups in total. The van der Waals surface area contributed by atoms with E-state index in [1.807, 2.05) is 0 Å². The average molecular weight is 405 g/mol. The molecule has 0 aliphatic rings. The fourth-order valence-electron chi connectivity index (χ4n) is 2.60. The number of benzene rings is 1. The van der Waals surface area contributed by atoms with Gasteiger partial charge in [-0.1, -0.05) is 19.1 Å². The first-order chi connectivity index (χ1) is 13.7. The van der Waals surface area contributed by atoms with Crippen LogP contribution in [0.25, 0.3) is 0 Å². The van der Waals surface area contributed by atoms with Gasteiger partial charge in [-0.2, -0.15) is 0 Å². The summed E-state index contributed by atoms with van der Waals surface area (Å²) >= 11 is 1.73. The van der Waals surface area contributed by atoms with Gasteiger partial charge in [0.15, 0.2) is 5.96 Å². The number of ether oxygens (including phenoxy) is 2. The summed E-state index contributed by atoms with van der Waals surface area (Å²) in [6.45, 7) is 9.52. The van der Waals surface area contributed by atoms with E-state index in [9.17, 15) is 0 Å². The van der Waals surface area contributed by atoms with E-state index in [0.717, 1.165) is 48.9 Å². The van der Waals surface area contributed by atoms with Crippen LogP contribution < -0.4 is 15.4 Å². The molecule has 0 radical (unpaired) electrons. The molecule has 0 bridgehead atoms. The zero-order valence-corrected chi connectivity index (χ0v) is 18.2. The second-order valence-corrected chi connectivity index (χ2v) is 7.35. The number of hydrogen-bond acceptors (Lipinski definition) is 5. The summed E-state index contributed by atoms with van der Waals surface area (Å²) in [6, 6.07) is 6.21. The van der Waals surface area contributed by atoms with Gasteiger partial charge in [-0.05, 0) is 31.9 Å². The highest BCUT2D eigenvalue weighted by molar-refractivity contribution is 7.09. The molecule has 1 aromatic carbocycles. The first-order valence-corrected chi connectivity index (χ1v) is 10.7. The van der Waals surface area contributed by atoms with Crippen molar-refractivity contribution in [3.8, 4) is 5.75 Å². The van der Waals surface area contributed by atoms with Gasteiger partial charge in [-0.3, -0.25) is 0 Å². The molecule has 2 rings (SSSR count). The number of thiazole rings is 1. The molecule has 0 amide bonds. The van der Waals surface area contributed by atoms with E-state index in [-0.39, 0.29) is 0 Å². The minimum Gasteiger partial charge on any atom is -0.491 e. The molecule has 0 saturated heterocycles. The Labute approximate surface area is 172 Å². The van der Waals surface area contributed by atoms with Crippen molar-refractivity contribution in [3.63, 3.8) is 0 Å². The van der Waals surface area contributed by atoms with Crippen molar-refractivity contribution in [2.45, 2.75) is 40.2 Å². The monoisotopic (exact) mass is 404 g/mol. The van der Waals surface area contributed by atoms with Crippen LogP contribution in [-0.2, 0) is 24.1 Å². The highest BCUT2D eigenvalue weighted by Crippen LogP contribution is 2.21. The van der Waals surface area contributed by atoms with Gasteiger partial charge in [0, 0.05) is 37.6 Å². The number of aromatic nitrogens is 1. The normalized spacial score (nSPS) is 11.5. The van der Waals surface area contributed by atoms with Gasteiger partial charge in [-0.25, -0.2) is 9.98 Å². The van der Waals surface area contributed by atoms with Crippen LogP contribution in [0.1, 0.15) is 35.7 Å². The predicted molar refractivity (Wildman–Crippen MR) is 117 cm³/mol. The van der Waals surface area contributed by atoms with Crippen LogP contribution >= 0.6 is 11.3 Å². The molecule has 0 aliphatic carbocycles. The van der Waals surface area contributed by atoms with E-state index < -0.39 is 0 Å². The third kappa shape index (κ3) is 7.48. The third-order valence-corrected chi connectivity index (χ3v) is 5.14. The number of guanidine groups is 1. The van der Waals surface area contributed by atoms with Crippen LogP contribution in [0.15, 0.2) is 28.6 Å². The van der Waals surface area contributed by atoms with Crippen LogP contribution in [0.2, 0.25) is 0 Å². The second-order valence-electron chi connectivity index (χ2n) is 6.41. The molecule has 7 heteroatoms. The van der Waals surface area contributed by atoms with Crippen LogP contribution in [-0.4, -0.2) is 44.4 Å². The standard InChI is InChI=1S/C21H32N4O2S/c1-5-20-25-18(15-28-20)9-10-23-21(22-6-2)24-14-17-8-7-16(3)13-19(17)27-12-11-26-4/h7-8,13,15H,5-6,9-12,14H2,1-4H3,(H2,22,23,24). The van der Waals surface area contributed by atoms with Crippen molar-refractivity contribution < 1.29 is 9.47 Å². The molecular formula is C21H32N4O2S. The van der Waals surface area contributed by atoms with Gasteiger partial charge in [0.2, 0.25) is 0 Å². The summed E-state index contributed by atoms with van der Waals surface area (Å²) in [5.74, 6) is 1.67. The number of methoxy groups -OCH3 is 1. The van der Waals surface area contributed by atoms with E-state index in [2.05, 4.69) is 60.0 Å². The highest BCUT2D eigenvalue weighted by Gasteiger charge is 2.06. The summed E-state index contributed by atoms with van der Waals surface area (Å²) in [5, 5.41) is 10.0. The van der Waals surface area contributed by atoms with Gasteiger partial charge >= 0.3 is 0 Å². The fraction of sp³-hybridized carbons (Fsp3) is 0.524. The van der Waals surface area contributed by atoms with Gasteiger partial charge in [0.05, 0.1) is 23.9 Å². The molecular weight excluding hydrogens is 372 g/mol. The van der Waals surface area contributed by atoms with Crippen LogP contribution in [0.3, 0.4) is 0 Å². The van der Waals surface area contributed by atoms with Crippen molar-refractivity contribution in [1.29, 1.82) is 0 Å². The van der Waals surface area contributed by atoms with Gasteiger partial charge < -0.3 is 20.1 Å². The first-order valence-electron chi connectivity index (χ1n) is 9.83. The van der Waals surface area contributed by atoms with E-state index in [4.69, 9.17) is 14.5 Å². The Morgan fingerprint density at radius 1 is 1.21 bits per heavy atom. The van der Waals surface area contributed by atoms with Crippen LogP contribution in [0, 0.1) is 6.92 Å². The maximum atomic E-state index is 5.86. The van der Waals surface area contributed by atoms with Crippen molar-refractivity contribution in [2.75, 3.05) is 33.4 Å². The number of aryl methyl sites for hydroxylation is 2. The zero-order chi connectivity index (χ0) is 20.2. The number of aliphatic imine (C=N–C) groups is 1. The lowest BCUT2D eigenvalue weighted by molar-refractivity contribution is 0.145. The maximum Gasteiger partial charge on any atom is 0.191 e. The molecule has 0 saturated carbocycles. The topological polar surface area (TPSA) is 67.8 Å². The minimum absolute atomic E-state index is 0.530. The van der Waals surface area contributed by atoms with Gasteiger partial charge in [0.1, 0.15) is 12.4 Å². The summed E-state index contributed by atoms with van der Waals surface area (Å²) in [6.07, 6.45) is 1.88. The molecule has 154 valence electrons. The minimum atomic E-state index is 0.530. The first kappa shape index (κ1) is 22.2. The molecule has 0 unspecified atom stereocenters. The molecule has 1 heterocycles. The molecule has 0 spiro atoms. The van der Waals surface area contributed by atoms with Crippen LogP contribution in [0.5, 0.6) is 5.75 Å². The summed E-state index contributed by atoms with van der Waals surface area (Å²) in [7, 11) is 1.67. The fourth-order valence-corrected chi connectivity index (χ4v) is 3.38. The highest BCUT2D eigenvalue weighted by atomic mass is 32.1. The van der Waals surface area contributed by atoms with Gasteiger partial charge in [0.25, 0.3) is 0 Å². The lowest BCUT2D eigenvalue weighted by Gasteiger charge is -2.13. The Hall–Kier alpha value is -2.12. The Balaban J connectivity index is 1.95. The lowest BCUT2D eigenvalue weighted by Crippen LogP contribution is -2.38. The Kier molecular flexibility index (Phi) is 9.79. The zero-order valence-electron chi connectivity index (χ0n) is 17.4. The number of hydrogen-bond donors (Lipinski definition) is 2. The van der Waals surface area contributed by atoms with Crippen molar-refractivity contribution in [2.24, 2.45) is 4.99 Å². The van der Waals surface area contributed by atoms with E-state index >= 15 is 0 Å². The van der Waals surface area contributed by atoms with E-state index in [1.165, 1.54) is 10.6 Å². The molecule has 28 heavy (non-hydrogen) atoms. The molecule has 6 nitrogen and oxygen atoms in total. The van der Waals surface area contributed by atoms with Crippen molar-refractivity contribution in [1.82, 2.24) is 15.6 Å². The van der Waals surface area contributed by atoms with Crippen molar-refractivity contribution >= 4 is 17.3 Å². The molecule has 1 aromatic heterocycles. The third-order valence-electron chi connectivity index (χ3n) is 4.09. The Bertz CT molecular complexity index is 746. The predicted octanol–water partition coefficient (Wildman–Crippen LogP) is 3.34. The molecule has 0 atom stereocenters. The maximum absolute atomic E-state index is 5.86. The molecule has 0 fully saturated rings. The number of nitrogens with one attached hydrogen (secondary N) is 2. The van der Waals surface area contributed by atoms with Gasteiger partial charge in [-0.15, -0.1) is 11.3 Å². The Morgan fingerprint density at radius 3 is 2.79 bits per heavy atom.